The van der Waals surface area contributed by atoms with Crippen molar-refractivity contribution in [2.45, 2.75) is 37.6 Å². The molecule has 2 aromatic rings. The van der Waals surface area contributed by atoms with Crippen molar-refractivity contribution in [3.8, 4) is 0 Å². The lowest BCUT2D eigenvalue weighted by Gasteiger charge is -2.18. The first-order chi connectivity index (χ1) is 11.3. The highest BCUT2D eigenvalue weighted by atomic mass is 32.2. The molecule has 0 aliphatic carbocycles. The van der Waals surface area contributed by atoms with Gasteiger partial charge in [0.25, 0.3) is 0 Å². The van der Waals surface area contributed by atoms with Crippen molar-refractivity contribution in [3.63, 3.8) is 0 Å². The number of sulfone groups is 1. The van der Waals surface area contributed by atoms with Gasteiger partial charge < -0.3 is 5.32 Å². The molecule has 0 fully saturated rings. The molecule has 2 aromatic carbocycles. The number of rotatable bonds is 6. The summed E-state index contributed by atoms with van der Waals surface area (Å²) in [6.45, 7) is 5.38. The molecule has 0 heterocycles. The molecule has 0 spiro atoms. The molecule has 0 unspecified atom stereocenters. The summed E-state index contributed by atoms with van der Waals surface area (Å²) in [5.74, 6) is -0.222. The number of hydrogen-bond acceptors (Lipinski definition) is 3. The summed E-state index contributed by atoms with van der Waals surface area (Å²) in [7, 11) is -3.20. The van der Waals surface area contributed by atoms with E-state index in [1.807, 2.05) is 44.2 Å². The van der Waals surface area contributed by atoms with E-state index >= 15 is 0 Å². The molecule has 5 heteroatoms. The minimum atomic E-state index is -3.20. The van der Waals surface area contributed by atoms with Crippen LogP contribution >= 0.6 is 0 Å². The summed E-state index contributed by atoms with van der Waals surface area (Å²) >= 11 is 0. The van der Waals surface area contributed by atoms with Crippen molar-refractivity contribution in [3.05, 3.63) is 65.7 Å². The molecule has 0 saturated heterocycles. The standard InChI is InChI=1S/C19H23NO3S/c1-4-24(22,23)18-12-10-17(11-13-18)15(3)20-19(21)14(2)16-8-6-5-7-9-16/h5-15H,4H2,1-3H3,(H,20,21)/t14-,15-/m0/s1. The van der Waals surface area contributed by atoms with Crippen LogP contribution in [0.25, 0.3) is 0 Å². The Kier molecular flexibility index (Phi) is 5.78. The molecule has 0 bridgehead atoms. The highest BCUT2D eigenvalue weighted by Gasteiger charge is 2.18. The first-order valence-corrected chi connectivity index (χ1v) is 9.68. The third kappa shape index (κ3) is 4.23. The summed E-state index contributed by atoms with van der Waals surface area (Å²) in [6.07, 6.45) is 0. The lowest BCUT2D eigenvalue weighted by molar-refractivity contribution is -0.122. The number of hydrogen-bond donors (Lipinski definition) is 1. The topological polar surface area (TPSA) is 63.2 Å². The molecule has 24 heavy (non-hydrogen) atoms. The van der Waals surface area contributed by atoms with Crippen molar-refractivity contribution < 1.29 is 13.2 Å². The number of benzene rings is 2. The smallest absolute Gasteiger partial charge is 0.227 e. The largest absolute Gasteiger partial charge is 0.349 e. The second-order valence-electron chi connectivity index (χ2n) is 5.84. The Morgan fingerprint density at radius 3 is 2.08 bits per heavy atom. The van der Waals surface area contributed by atoms with Gasteiger partial charge in [0.2, 0.25) is 5.91 Å². The quantitative estimate of drug-likeness (QED) is 0.872. The Bertz CT molecular complexity index is 783. The fourth-order valence-electron chi connectivity index (χ4n) is 2.45. The van der Waals surface area contributed by atoms with Crippen molar-refractivity contribution in [2.24, 2.45) is 0 Å². The van der Waals surface area contributed by atoms with Gasteiger partial charge in [0, 0.05) is 0 Å². The van der Waals surface area contributed by atoms with Gasteiger partial charge in [-0.1, -0.05) is 49.4 Å². The Morgan fingerprint density at radius 1 is 0.958 bits per heavy atom. The Morgan fingerprint density at radius 2 is 1.54 bits per heavy atom. The number of amides is 1. The zero-order valence-electron chi connectivity index (χ0n) is 14.2. The van der Waals surface area contributed by atoms with E-state index in [1.54, 1.807) is 31.2 Å². The number of carbonyl (C=O) groups is 1. The Labute approximate surface area is 143 Å². The van der Waals surface area contributed by atoms with Crippen LogP contribution in [0.2, 0.25) is 0 Å². The first-order valence-electron chi connectivity index (χ1n) is 8.03. The molecule has 1 amide bonds. The van der Waals surface area contributed by atoms with Crippen LogP contribution in [0.15, 0.2) is 59.5 Å². The van der Waals surface area contributed by atoms with Gasteiger partial charge in [-0.05, 0) is 37.1 Å². The summed E-state index contributed by atoms with van der Waals surface area (Å²) in [6, 6.07) is 16.1. The zero-order valence-corrected chi connectivity index (χ0v) is 15.0. The van der Waals surface area contributed by atoms with E-state index < -0.39 is 9.84 Å². The van der Waals surface area contributed by atoms with Crippen molar-refractivity contribution in [1.29, 1.82) is 0 Å². The summed E-state index contributed by atoms with van der Waals surface area (Å²) < 4.78 is 23.7. The van der Waals surface area contributed by atoms with E-state index in [0.29, 0.717) is 4.90 Å². The lowest BCUT2D eigenvalue weighted by Crippen LogP contribution is -2.30. The first kappa shape index (κ1) is 18.2. The van der Waals surface area contributed by atoms with Crippen molar-refractivity contribution in [2.75, 3.05) is 5.75 Å². The van der Waals surface area contributed by atoms with E-state index in [-0.39, 0.29) is 23.6 Å². The fraction of sp³-hybridized carbons (Fsp3) is 0.316. The van der Waals surface area contributed by atoms with Crippen molar-refractivity contribution in [1.82, 2.24) is 5.32 Å². The van der Waals surface area contributed by atoms with Gasteiger partial charge in [0.1, 0.15) is 0 Å². The Hall–Kier alpha value is -2.14. The average molecular weight is 345 g/mol. The van der Waals surface area contributed by atoms with Gasteiger partial charge in [0.05, 0.1) is 22.6 Å². The van der Waals surface area contributed by atoms with Gasteiger partial charge in [-0.3, -0.25) is 4.79 Å². The summed E-state index contributed by atoms with van der Waals surface area (Å²) in [4.78, 5) is 12.7. The molecule has 0 aromatic heterocycles. The zero-order chi connectivity index (χ0) is 17.7. The van der Waals surface area contributed by atoms with Crippen molar-refractivity contribution >= 4 is 15.7 Å². The van der Waals surface area contributed by atoms with Gasteiger partial charge in [-0.2, -0.15) is 0 Å². The highest BCUT2D eigenvalue weighted by Crippen LogP contribution is 2.20. The second kappa shape index (κ2) is 7.62. The molecule has 128 valence electrons. The number of nitrogens with one attached hydrogen (secondary N) is 1. The minimum Gasteiger partial charge on any atom is -0.349 e. The molecule has 2 atom stereocenters. The van der Waals surface area contributed by atoms with Gasteiger partial charge in [-0.15, -0.1) is 0 Å². The van der Waals surface area contributed by atoms with Gasteiger partial charge in [-0.25, -0.2) is 8.42 Å². The fourth-order valence-corrected chi connectivity index (χ4v) is 3.33. The highest BCUT2D eigenvalue weighted by molar-refractivity contribution is 7.91. The minimum absolute atomic E-state index is 0.0565. The van der Waals surface area contributed by atoms with Crippen LogP contribution in [0.5, 0.6) is 0 Å². The molecule has 0 saturated carbocycles. The molecular formula is C19H23NO3S. The molecule has 0 radical (unpaired) electrons. The molecule has 2 rings (SSSR count). The van der Waals surface area contributed by atoms with Gasteiger partial charge >= 0.3 is 0 Å². The molecular weight excluding hydrogens is 322 g/mol. The predicted octanol–water partition coefficient (Wildman–Crippen LogP) is 3.46. The molecule has 4 nitrogen and oxygen atoms in total. The van der Waals surface area contributed by atoms with Crippen LogP contribution in [-0.2, 0) is 14.6 Å². The lowest BCUT2D eigenvalue weighted by atomic mass is 9.99. The van der Waals surface area contributed by atoms with Crippen LogP contribution in [0.3, 0.4) is 0 Å². The maximum Gasteiger partial charge on any atom is 0.227 e. The predicted molar refractivity (Wildman–Crippen MR) is 95.6 cm³/mol. The summed E-state index contributed by atoms with van der Waals surface area (Å²) in [5.41, 5.74) is 1.84. The maximum absolute atomic E-state index is 12.4. The van der Waals surface area contributed by atoms with E-state index in [4.69, 9.17) is 0 Å². The summed E-state index contributed by atoms with van der Waals surface area (Å²) in [5, 5.41) is 2.98. The van der Waals surface area contributed by atoms with E-state index in [9.17, 15) is 13.2 Å². The second-order valence-corrected chi connectivity index (χ2v) is 8.11. The van der Waals surface area contributed by atoms with Crippen LogP contribution in [0.4, 0.5) is 0 Å². The molecule has 0 aliphatic rings. The average Bonchev–Trinajstić information content (AvgIpc) is 2.61. The van der Waals surface area contributed by atoms with Crippen LogP contribution in [0, 0.1) is 0 Å². The number of carbonyl (C=O) groups excluding carboxylic acids is 1. The van der Waals surface area contributed by atoms with E-state index in [1.165, 1.54) is 0 Å². The Balaban J connectivity index is 2.07. The molecule has 0 aliphatic heterocycles. The van der Waals surface area contributed by atoms with Crippen LogP contribution < -0.4 is 5.32 Å². The third-order valence-corrected chi connectivity index (χ3v) is 5.92. The van der Waals surface area contributed by atoms with E-state index in [2.05, 4.69) is 5.32 Å². The van der Waals surface area contributed by atoms with Crippen LogP contribution in [-0.4, -0.2) is 20.1 Å². The van der Waals surface area contributed by atoms with Crippen LogP contribution in [0.1, 0.15) is 43.9 Å². The molecule has 1 N–H and O–H groups in total. The monoisotopic (exact) mass is 345 g/mol. The third-order valence-electron chi connectivity index (χ3n) is 4.17. The normalized spacial score (nSPS) is 14.0. The maximum atomic E-state index is 12.4. The SMILES string of the molecule is CCS(=O)(=O)c1ccc([C@H](C)NC(=O)[C@@H](C)c2ccccc2)cc1. The van der Waals surface area contributed by atoms with E-state index in [0.717, 1.165) is 11.1 Å². The van der Waals surface area contributed by atoms with Gasteiger partial charge in [0.15, 0.2) is 9.84 Å².